The fourth-order valence-electron chi connectivity index (χ4n) is 1.96. The number of benzene rings is 1. The van der Waals surface area contributed by atoms with Crippen molar-refractivity contribution in [2.45, 2.75) is 32.4 Å². The Morgan fingerprint density at radius 1 is 1.53 bits per heavy atom. The summed E-state index contributed by atoms with van der Waals surface area (Å²) in [6.07, 6.45) is 0.705. The lowest BCUT2D eigenvalue weighted by Gasteiger charge is -2.30. The maximum atomic E-state index is 11.3. The van der Waals surface area contributed by atoms with Crippen molar-refractivity contribution in [2.75, 3.05) is 7.05 Å². The number of nitrogens with zero attached hydrogens (tertiary/aromatic N) is 1. The minimum atomic E-state index is -0.288. The van der Waals surface area contributed by atoms with Crippen LogP contribution in [0.25, 0.3) is 0 Å². The summed E-state index contributed by atoms with van der Waals surface area (Å²) in [6, 6.07) is 7.52. The van der Waals surface area contributed by atoms with Crippen LogP contribution >= 0.6 is 11.6 Å². The third-order valence-corrected chi connectivity index (χ3v) is 3.38. The number of primary amides is 1. The smallest absolute Gasteiger partial charge is 0.234 e. The van der Waals surface area contributed by atoms with Crippen LogP contribution in [0.3, 0.4) is 0 Å². The van der Waals surface area contributed by atoms with Gasteiger partial charge >= 0.3 is 0 Å². The molecule has 0 bridgehead atoms. The van der Waals surface area contributed by atoms with E-state index >= 15 is 0 Å². The van der Waals surface area contributed by atoms with E-state index in [0.717, 1.165) is 5.56 Å². The summed E-state index contributed by atoms with van der Waals surface area (Å²) >= 11 is 5.96. The molecule has 4 heteroatoms. The molecule has 1 aromatic rings. The molecule has 3 nitrogen and oxygen atoms in total. The first-order chi connectivity index (χ1) is 7.97. The SMILES string of the molecule is CCC(C(N)=O)N(C)C(C)c1cccc(Cl)c1. The van der Waals surface area contributed by atoms with Gasteiger partial charge in [0.15, 0.2) is 0 Å². The molecule has 0 aliphatic carbocycles. The van der Waals surface area contributed by atoms with Crippen molar-refractivity contribution in [3.63, 3.8) is 0 Å². The molecule has 0 fully saturated rings. The normalized spacial score (nSPS) is 14.6. The third-order valence-electron chi connectivity index (χ3n) is 3.15. The van der Waals surface area contributed by atoms with Gasteiger partial charge in [-0.05, 0) is 38.1 Å². The van der Waals surface area contributed by atoms with Crippen LogP contribution < -0.4 is 5.73 Å². The molecule has 1 rings (SSSR count). The molecule has 0 aliphatic heterocycles. The second kappa shape index (κ2) is 6.03. The topological polar surface area (TPSA) is 46.3 Å². The number of likely N-dealkylation sites (N-methyl/N-ethyl adjacent to an activating group) is 1. The summed E-state index contributed by atoms with van der Waals surface area (Å²) in [5, 5.41) is 0.704. The Balaban J connectivity index is 2.88. The fraction of sp³-hybridized carbons (Fsp3) is 0.462. The zero-order valence-corrected chi connectivity index (χ0v) is 11.2. The van der Waals surface area contributed by atoms with Gasteiger partial charge in [-0.15, -0.1) is 0 Å². The molecule has 2 unspecified atom stereocenters. The van der Waals surface area contributed by atoms with E-state index in [1.165, 1.54) is 0 Å². The van der Waals surface area contributed by atoms with E-state index in [-0.39, 0.29) is 18.0 Å². The van der Waals surface area contributed by atoms with E-state index in [1.54, 1.807) is 0 Å². The first-order valence-electron chi connectivity index (χ1n) is 5.74. The van der Waals surface area contributed by atoms with E-state index in [1.807, 2.05) is 50.1 Å². The molecule has 94 valence electrons. The largest absolute Gasteiger partial charge is 0.368 e. The van der Waals surface area contributed by atoms with Crippen molar-refractivity contribution in [1.82, 2.24) is 4.90 Å². The van der Waals surface area contributed by atoms with Crippen molar-refractivity contribution < 1.29 is 4.79 Å². The van der Waals surface area contributed by atoms with Crippen LogP contribution in [0.4, 0.5) is 0 Å². The van der Waals surface area contributed by atoms with E-state index in [0.29, 0.717) is 11.4 Å². The molecule has 0 aromatic heterocycles. The van der Waals surface area contributed by atoms with Crippen molar-refractivity contribution in [1.29, 1.82) is 0 Å². The molecule has 0 saturated carbocycles. The maximum absolute atomic E-state index is 11.3. The Hall–Kier alpha value is -1.06. The van der Waals surface area contributed by atoms with E-state index in [9.17, 15) is 4.79 Å². The molecular formula is C13H19ClN2O. The standard InChI is InChI=1S/C13H19ClN2O/c1-4-12(13(15)17)16(3)9(2)10-6-5-7-11(14)8-10/h5-9,12H,4H2,1-3H3,(H2,15,17). The molecule has 0 heterocycles. The minimum Gasteiger partial charge on any atom is -0.368 e. The first kappa shape index (κ1) is 14.0. The maximum Gasteiger partial charge on any atom is 0.234 e. The number of hydrogen-bond donors (Lipinski definition) is 1. The Morgan fingerprint density at radius 2 is 2.18 bits per heavy atom. The predicted molar refractivity (Wildman–Crippen MR) is 70.9 cm³/mol. The summed E-state index contributed by atoms with van der Waals surface area (Å²) < 4.78 is 0. The van der Waals surface area contributed by atoms with Gasteiger partial charge in [0.25, 0.3) is 0 Å². The summed E-state index contributed by atoms with van der Waals surface area (Å²) in [6.45, 7) is 3.99. The highest BCUT2D eigenvalue weighted by atomic mass is 35.5. The van der Waals surface area contributed by atoms with Crippen LogP contribution in [0.15, 0.2) is 24.3 Å². The van der Waals surface area contributed by atoms with Gasteiger partial charge in [-0.3, -0.25) is 9.69 Å². The third kappa shape index (κ3) is 3.45. The number of rotatable bonds is 5. The number of carbonyl (C=O) groups excluding carboxylic acids is 1. The molecule has 0 spiro atoms. The van der Waals surface area contributed by atoms with Gasteiger partial charge in [0.05, 0.1) is 6.04 Å². The number of amides is 1. The minimum absolute atomic E-state index is 0.103. The monoisotopic (exact) mass is 254 g/mol. The van der Waals surface area contributed by atoms with Gasteiger partial charge in [-0.1, -0.05) is 30.7 Å². The molecule has 0 radical (unpaired) electrons. The summed E-state index contributed by atoms with van der Waals surface area (Å²) in [7, 11) is 1.91. The van der Waals surface area contributed by atoms with Gasteiger partial charge in [-0.25, -0.2) is 0 Å². The van der Waals surface area contributed by atoms with Gasteiger partial charge in [0, 0.05) is 11.1 Å². The Kier molecular flexibility index (Phi) is 4.97. The van der Waals surface area contributed by atoms with E-state index in [4.69, 9.17) is 17.3 Å². The second-order valence-electron chi connectivity index (χ2n) is 4.22. The van der Waals surface area contributed by atoms with Gasteiger partial charge in [0.1, 0.15) is 0 Å². The zero-order chi connectivity index (χ0) is 13.0. The molecule has 1 aromatic carbocycles. The van der Waals surface area contributed by atoms with Crippen LogP contribution in [-0.4, -0.2) is 23.9 Å². The van der Waals surface area contributed by atoms with Crippen LogP contribution in [0.1, 0.15) is 31.9 Å². The average Bonchev–Trinajstić information content (AvgIpc) is 2.28. The lowest BCUT2D eigenvalue weighted by atomic mass is 10.0. The quantitative estimate of drug-likeness (QED) is 0.878. The highest BCUT2D eigenvalue weighted by Gasteiger charge is 2.23. The molecular weight excluding hydrogens is 236 g/mol. The Bertz CT molecular complexity index is 395. The van der Waals surface area contributed by atoms with Crippen LogP contribution in [-0.2, 0) is 4.79 Å². The first-order valence-corrected chi connectivity index (χ1v) is 6.11. The molecule has 0 aliphatic rings. The van der Waals surface area contributed by atoms with Crippen LogP contribution in [0, 0.1) is 0 Å². The fourth-order valence-corrected chi connectivity index (χ4v) is 2.16. The van der Waals surface area contributed by atoms with Crippen molar-refractivity contribution in [2.24, 2.45) is 5.73 Å². The molecule has 0 saturated heterocycles. The number of halogens is 1. The summed E-state index contributed by atoms with van der Waals surface area (Å²) in [5.74, 6) is -0.288. The number of hydrogen-bond acceptors (Lipinski definition) is 2. The van der Waals surface area contributed by atoms with Gasteiger partial charge < -0.3 is 5.73 Å². The summed E-state index contributed by atoms with van der Waals surface area (Å²) in [4.78, 5) is 13.3. The molecule has 2 atom stereocenters. The highest BCUT2D eigenvalue weighted by Crippen LogP contribution is 2.24. The second-order valence-corrected chi connectivity index (χ2v) is 4.66. The average molecular weight is 255 g/mol. The molecule has 17 heavy (non-hydrogen) atoms. The number of nitrogens with two attached hydrogens (primary N) is 1. The van der Waals surface area contributed by atoms with Crippen molar-refractivity contribution in [3.05, 3.63) is 34.9 Å². The lowest BCUT2D eigenvalue weighted by molar-refractivity contribution is -0.123. The van der Waals surface area contributed by atoms with Gasteiger partial charge in [0.2, 0.25) is 5.91 Å². The van der Waals surface area contributed by atoms with E-state index in [2.05, 4.69) is 0 Å². The lowest BCUT2D eigenvalue weighted by Crippen LogP contribution is -2.43. The van der Waals surface area contributed by atoms with Crippen LogP contribution in [0.2, 0.25) is 5.02 Å². The number of carbonyl (C=O) groups is 1. The predicted octanol–water partition coefficient (Wildman–Crippen LogP) is 2.60. The van der Waals surface area contributed by atoms with E-state index < -0.39 is 0 Å². The highest BCUT2D eigenvalue weighted by molar-refractivity contribution is 6.30. The Labute approximate surface area is 108 Å². The van der Waals surface area contributed by atoms with Gasteiger partial charge in [-0.2, -0.15) is 0 Å². The summed E-state index contributed by atoms with van der Waals surface area (Å²) in [5.41, 5.74) is 6.47. The van der Waals surface area contributed by atoms with Crippen molar-refractivity contribution >= 4 is 17.5 Å². The molecule has 1 amide bonds. The van der Waals surface area contributed by atoms with Crippen LogP contribution in [0.5, 0.6) is 0 Å². The van der Waals surface area contributed by atoms with Crippen molar-refractivity contribution in [3.8, 4) is 0 Å². The zero-order valence-electron chi connectivity index (χ0n) is 10.5. The Morgan fingerprint density at radius 3 is 2.65 bits per heavy atom. The molecule has 2 N–H and O–H groups in total.